The molecule has 1 heterocycles. The molecule has 0 aliphatic carbocycles. The molecule has 0 spiro atoms. The van der Waals surface area contributed by atoms with Crippen LogP contribution in [0.2, 0.25) is 0 Å². The topological polar surface area (TPSA) is 71.4 Å². The highest BCUT2D eigenvalue weighted by Crippen LogP contribution is 2.41. The number of hydrogen-bond donors (Lipinski definition) is 1. The third-order valence-electron chi connectivity index (χ3n) is 2.60. The minimum Gasteiger partial charge on any atom is -0.481 e. The van der Waals surface area contributed by atoms with E-state index in [1.165, 1.54) is 0 Å². The van der Waals surface area contributed by atoms with E-state index in [0.29, 0.717) is 0 Å². The fraction of sp³-hybridized carbons (Fsp3) is 0.875. The second kappa shape index (κ2) is 3.90. The first-order valence-electron chi connectivity index (χ1n) is 4.57. The largest absolute Gasteiger partial charge is 0.481 e. The molecule has 0 radical (unpaired) electrons. The van der Waals surface area contributed by atoms with Gasteiger partial charge in [-0.2, -0.15) is 13.2 Å². The summed E-state index contributed by atoms with van der Waals surface area (Å²) in [5, 5.41) is 8.82. The Morgan fingerprint density at radius 1 is 1.38 bits per heavy atom. The highest BCUT2D eigenvalue weighted by atomic mass is 32.2. The normalized spacial score (nSPS) is 29.9. The van der Waals surface area contributed by atoms with Gasteiger partial charge in [0.25, 0.3) is 0 Å². The second-order valence-corrected chi connectivity index (χ2v) is 6.26. The van der Waals surface area contributed by atoms with Gasteiger partial charge in [0.2, 0.25) is 0 Å². The molecule has 0 saturated carbocycles. The number of halogens is 3. The van der Waals surface area contributed by atoms with Gasteiger partial charge >= 0.3 is 12.1 Å². The molecule has 94 valence electrons. The number of aliphatic carboxylic acids is 1. The van der Waals surface area contributed by atoms with Crippen molar-refractivity contribution in [3.05, 3.63) is 0 Å². The van der Waals surface area contributed by atoms with E-state index in [9.17, 15) is 26.4 Å². The second-order valence-electron chi connectivity index (χ2n) is 4.07. The average molecular weight is 260 g/mol. The van der Waals surface area contributed by atoms with E-state index in [0.717, 1.165) is 0 Å². The van der Waals surface area contributed by atoms with Crippen LogP contribution in [0.15, 0.2) is 0 Å². The standard InChI is InChI=1S/C8H11F3O4S/c9-8(10,11)4-7(6(12)13)2-1-3-16(14,15)5-7/h1-5H2,(H,12,13). The fourth-order valence-electron chi connectivity index (χ4n) is 1.96. The van der Waals surface area contributed by atoms with E-state index in [4.69, 9.17) is 5.11 Å². The summed E-state index contributed by atoms with van der Waals surface area (Å²) in [6.45, 7) is 0. The van der Waals surface area contributed by atoms with Gasteiger partial charge in [-0.15, -0.1) is 0 Å². The first kappa shape index (κ1) is 13.3. The Bertz CT molecular complexity index is 387. The summed E-state index contributed by atoms with van der Waals surface area (Å²) in [5.74, 6) is -2.84. The van der Waals surface area contributed by atoms with E-state index in [2.05, 4.69) is 0 Å². The van der Waals surface area contributed by atoms with Crippen molar-refractivity contribution < 1.29 is 31.5 Å². The first-order valence-corrected chi connectivity index (χ1v) is 6.39. The molecular weight excluding hydrogens is 249 g/mol. The van der Waals surface area contributed by atoms with Crippen LogP contribution in [-0.4, -0.2) is 37.2 Å². The Morgan fingerprint density at radius 2 is 1.94 bits per heavy atom. The maximum absolute atomic E-state index is 12.2. The summed E-state index contributed by atoms with van der Waals surface area (Å²) in [4.78, 5) is 10.9. The lowest BCUT2D eigenvalue weighted by atomic mass is 9.81. The summed E-state index contributed by atoms with van der Waals surface area (Å²) in [6, 6.07) is 0. The van der Waals surface area contributed by atoms with Gasteiger partial charge in [0.05, 0.1) is 23.3 Å². The lowest BCUT2D eigenvalue weighted by Crippen LogP contribution is -2.45. The molecule has 0 aromatic rings. The third kappa shape index (κ3) is 3.10. The van der Waals surface area contributed by atoms with Crippen LogP contribution in [0, 0.1) is 5.41 Å². The molecule has 16 heavy (non-hydrogen) atoms. The number of rotatable bonds is 2. The first-order chi connectivity index (χ1) is 7.06. The molecule has 4 nitrogen and oxygen atoms in total. The van der Waals surface area contributed by atoms with Crippen LogP contribution in [0.5, 0.6) is 0 Å². The molecule has 0 aromatic heterocycles. The van der Waals surface area contributed by atoms with E-state index in [-0.39, 0.29) is 18.6 Å². The van der Waals surface area contributed by atoms with Gasteiger partial charge in [-0.3, -0.25) is 4.79 Å². The van der Waals surface area contributed by atoms with Gasteiger partial charge in [-0.05, 0) is 12.8 Å². The number of carbonyl (C=O) groups is 1. The molecule has 0 aromatic carbocycles. The van der Waals surface area contributed by atoms with Crippen molar-refractivity contribution >= 4 is 15.8 Å². The third-order valence-corrected chi connectivity index (χ3v) is 4.50. The molecule has 1 saturated heterocycles. The smallest absolute Gasteiger partial charge is 0.390 e. The highest BCUT2D eigenvalue weighted by Gasteiger charge is 2.51. The Kier molecular flexibility index (Phi) is 3.24. The zero-order valence-electron chi connectivity index (χ0n) is 8.25. The van der Waals surface area contributed by atoms with Gasteiger partial charge < -0.3 is 5.11 Å². The number of alkyl halides is 3. The van der Waals surface area contributed by atoms with E-state index in [1.807, 2.05) is 0 Å². The Morgan fingerprint density at radius 3 is 2.31 bits per heavy atom. The maximum atomic E-state index is 12.2. The molecule has 1 atom stereocenters. The Hall–Kier alpha value is -0.790. The van der Waals surface area contributed by atoms with Gasteiger partial charge in [-0.25, -0.2) is 8.42 Å². The van der Waals surface area contributed by atoms with Crippen LogP contribution in [0.3, 0.4) is 0 Å². The van der Waals surface area contributed by atoms with Crippen molar-refractivity contribution in [3.8, 4) is 0 Å². The van der Waals surface area contributed by atoms with E-state index >= 15 is 0 Å². The maximum Gasteiger partial charge on any atom is 0.390 e. The van der Waals surface area contributed by atoms with Crippen LogP contribution < -0.4 is 0 Å². The van der Waals surface area contributed by atoms with E-state index < -0.39 is 39.6 Å². The summed E-state index contributed by atoms with van der Waals surface area (Å²) in [5.41, 5.74) is -2.20. The molecule has 1 rings (SSSR count). The van der Waals surface area contributed by atoms with E-state index in [1.54, 1.807) is 0 Å². The monoisotopic (exact) mass is 260 g/mol. The van der Waals surface area contributed by atoms with Gasteiger partial charge in [0, 0.05) is 0 Å². The minimum absolute atomic E-state index is 0.0370. The van der Waals surface area contributed by atoms with Crippen molar-refractivity contribution in [1.82, 2.24) is 0 Å². The number of carboxylic acid groups (broad SMARTS) is 1. The molecular formula is C8H11F3O4S. The van der Waals surface area contributed by atoms with Crippen molar-refractivity contribution in [2.45, 2.75) is 25.4 Å². The summed E-state index contributed by atoms with van der Waals surface area (Å²) < 4.78 is 59.2. The van der Waals surface area contributed by atoms with Crippen molar-refractivity contribution in [2.24, 2.45) is 5.41 Å². The quantitative estimate of drug-likeness (QED) is 0.810. The summed E-state index contributed by atoms with van der Waals surface area (Å²) in [6.07, 6.45) is -6.55. The molecule has 1 unspecified atom stereocenters. The molecule has 8 heteroatoms. The number of sulfone groups is 1. The van der Waals surface area contributed by atoms with Crippen LogP contribution >= 0.6 is 0 Å². The summed E-state index contributed by atoms with van der Waals surface area (Å²) >= 11 is 0. The van der Waals surface area contributed by atoms with Crippen molar-refractivity contribution in [2.75, 3.05) is 11.5 Å². The highest BCUT2D eigenvalue weighted by molar-refractivity contribution is 7.91. The molecule has 1 aliphatic heterocycles. The predicted octanol–water partition coefficient (Wildman–Crippen LogP) is 1.22. The zero-order chi connectivity index (χ0) is 12.6. The van der Waals surface area contributed by atoms with Crippen molar-refractivity contribution in [1.29, 1.82) is 0 Å². The molecule has 1 N–H and O–H groups in total. The number of carboxylic acids is 1. The molecule has 0 bridgehead atoms. The van der Waals surface area contributed by atoms with Crippen LogP contribution in [0.1, 0.15) is 19.3 Å². The molecule has 0 amide bonds. The van der Waals surface area contributed by atoms with Crippen LogP contribution in [0.4, 0.5) is 13.2 Å². The van der Waals surface area contributed by atoms with Gasteiger partial charge in [0.1, 0.15) is 0 Å². The average Bonchev–Trinajstić information content (AvgIpc) is 1.97. The predicted molar refractivity (Wildman–Crippen MR) is 48.6 cm³/mol. The Labute approximate surface area is 90.4 Å². The minimum atomic E-state index is -4.68. The van der Waals surface area contributed by atoms with Gasteiger partial charge in [0.15, 0.2) is 9.84 Å². The lowest BCUT2D eigenvalue weighted by Gasteiger charge is -2.33. The Balaban J connectivity index is 3.02. The number of hydrogen-bond acceptors (Lipinski definition) is 3. The van der Waals surface area contributed by atoms with Gasteiger partial charge in [-0.1, -0.05) is 0 Å². The lowest BCUT2D eigenvalue weighted by molar-refractivity contribution is -0.177. The summed E-state index contributed by atoms with van der Waals surface area (Å²) in [7, 11) is -3.69. The van der Waals surface area contributed by atoms with Crippen LogP contribution in [-0.2, 0) is 14.6 Å². The zero-order valence-corrected chi connectivity index (χ0v) is 9.07. The molecule has 1 fully saturated rings. The fourth-order valence-corrected chi connectivity index (χ4v) is 3.90. The van der Waals surface area contributed by atoms with Crippen molar-refractivity contribution in [3.63, 3.8) is 0 Å². The SMILES string of the molecule is O=C(O)C1(CC(F)(F)F)CCCS(=O)(=O)C1. The molecule has 1 aliphatic rings. The van der Waals surface area contributed by atoms with Crippen LogP contribution in [0.25, 0.3) is 0 Å².